The zero-order valence-electron chi connectivity index (χ0n) is 12.2. The number of fused-ring (bicyclic) bond motifs is 1. The Labute approximate surface area is 133 Å². The SMILES string of the molecule is CN(C)C(=O)c1ccc(-c2ccnc3cnccc23)c(Cl)c1. The average molecular weight is 312 g/mol. The number of halogens is 1. The van der Waals surface area contributed by atoms with E-state index in [1.165, 1.54) is 4.90 Å². The van der Waals surface area contributed by atoms with E-state index in [4.69, 9.17) is 11.6 Å². The molecule has 0 N–H and O–H groups in total. The highest BCUT2D eigenvalue weighted by Crippen LogP contribution is 2.33. The summed E-state index contributed by atoms with van der Waals surface area (Å²) in [7, 11) is 3.43. The molecule has 0 fully saturated rings. The van der Waals surface area contributed by atoms with Gasteiger partial charge in [0.05, 0.1) is 11.7 Å². The first-order valence-electron chi connectivity index (χ1n) is 6.78. The van der Waals surface area contributed by atoms with Gasteiger partial charge in [-0.1, -0.05) is 17.7 Å². The normalized spacial score (nSPS) is 10.7. The first kappa shape index (κ1) is 14.5. The molecular formula is C17H14ClN3O. The zero-order valence-corrected chi connectivity index (χ0v) is 13.0. The highest BCUT2D eigenvalue weighted by atomic mass is 35.5. The van der Waals surface area contributed by atoms with Gasteiger partial charge in [0.25, 0.3) is 5.91 Å². The van der Waals surface area contributed by atoms with Gasteiger partial charge >= 0.3 is 0 Å². The van der Waals surface area contributed by atoms with Crippen molar-refractivity contribution >= 4 is 28.4 Å². The minimum Gasteiger partial charge on any atom is -0.345 e. The van der Waals surface area contributed by atoms with Gasteiger partial charge in [-0.05, 0) is 29.8 Å². The van der Waals surface area contributed by atoms with Crippen molar-refractivity contribution in [3.05, 3.63) is 59.5 Å². The molecule has 2 heterocycles. The van der Waals surface area contributed by atoms with Gasteiger partial charge in [-0.25, -0.2) is 0 Å². The summed E-state index contributed by atoms with van der Waals surface area (Å²) in [6.07, 6.45) is 5.18. The lowest BCUT2D eigenvalue weighted by molar-refractivity contribution is 0.0827. The Balaban J connectivity index is 2.14. The van der Waals surface area contributed by atoms with Crippen LogP contribution in [0.3, 0.4) is 0 Å². The summed E-state index contributed by atoms with van der Waals surface area (Å²) in [6.45, 7) is 0. The first-order valence-corrected chi connectivity index (χ1v) is 7.16. The molecule has 0 atom stereocenters. The van der Waals surface area contributed by atoms with E-state index in [-0.39, 0.29) is 5.91 Å². The van der Waals surface area contributed by atoms with Crippen LogP contribution in [0.5, 0.6) is 0 Å². The van der Waals surface area contributed by atoms with Crippen LogP contribution in [0.4, 0.5) is 0 Å². The lowest BCUT2D eigenvalue weighted by Crippen LogP contribution is -2.21. The van der Waals surface area contributed by atoms with E-state index in [1.807, 2.05) is 18.2 Å². The first-order chi connectivity index (χ1) is 10.6. The summed E-state index contributed by atoms with van der Waals surface area (Å²) < 4.78 is 0. The molecule has 2 aromatic heterocycles. The fraction of sp³-hybridized carbons (Fsp3) is 0.118. The van der Waals surface area contributed by atoms with Crippen molar-refractivity contribution in [2.45, 2.75) is 0 Å². The molecule has 0 aliphatic rings. The number of nitrogens with zero attached hydrogens (tertiary/aromatic N) is 3. The third-order valence-electron chi connectivity index (χ3n) is 3.46. The summed E-state index contributed by atoms with van der Waals surface area (Å²) >= 11 is 6.41. The minimum atomic E-state index is -0.0720. The highest BCUT2D eigenvalue weighted by Gasteiger charge is 2.13. The lowest BCUT2D eigenvalue weighted by Gasteiger charge is -2.12. The van der Waals surface area contributed by atoms with E-state index >= 15 is 0 Å². The minimum absolute atomic E-state index is 0.0720. The Hall–Kier alpha value is -2.46. The molecule has 0 bridgehead atoms. The monoisotopic (exact) mass is 311 g/mol. The van der Waals surface area contributed by atoms with Crippen LogP contribution in [-0.4, -0.2) is 34.9 Å². The molecule has 1 amide bonds. The number of hydrogen-bond acceptors (Lipinski definition) is 3. The number of benzene rings is 1. The molecule has 0 aliphatic carbocycles. The second-order valence-electron chi connectivity index (χ2n) is 5.15. The highest BCUT2D eigenvalue weighted by molar-refractivity contribution is 6.34. The van der Waals surface area contributed by atoms with Crippen molar-refractivity contribution in [3.8, 4) is 11.1 Å². The molecular weight excluding hydrogens is 298 g/mol. The topological polar surface area (TPSA) is 46.1 Å². The van der Waals surface area contributed by atoms with Crippen molar-refractivity contribution in [2.24, 2.45) is 0 Å². The van der Waals surface area contributed by atoms with E-state index in [9.17, 15) is 4.79 Å². The molecule has 0 aliphatic heterocycles. The van der Waals surface area contributed by atoms with Crippen LogP contribution in [0.1, 0.15) is 10.4 Å². The molecule has 1 aromatic carbocycles. The third-order valence-corrected chi connectivity index (χ3v) is 3.77. The Morgan fingerprint density at radius 3 is 2.64 bits per heavy atom. The van der Waals surface area contributed by atoms with Crippen LogP contribution >= 0.6 is 11.6 Å². The summed E-state index contributed by atoms with van der Waals surface area (Å²) in [5.74, 6) is -0.0720. The van der Waals surface area contributed by atoms with Crippen LogP contribution < -0.4 is 0 Å². The Morgan fingerprint density at radius 1 is 1.09 bits per heavy atom. The van der Waals surface area contributed by atoms with Crippen LogP contribution in [0.2, 0.25) is 5.02 Å². The van der Waals surface area contributed by atoms with E-state index in [0.717, 1.165) is 22.0 Å². The van der Waals surface area contributed by atoms with Crippen LogP contribution in [0.15, 0.2) is 48.9 Å². The number of rotatable bonds is 2. The summed E-state index contributed by atoms with van der Waals surface area (Å²) in [4.78, 5) is 21.9. The van der Waals surface area contributed by atoms with E-state index in [1.54, 1.807) is 44.8 Å². The molecule has 110 valence electrons. The van der Waals surface area contributed by atoms with Crippen molar-refractivity contribution in [1.82, 2.24) is 14.9 Å². The molecule has 0 saturated carbocycles. The molecule has 0 radical (unpaired) electrons. The average Bonchev–Trinajstić information content (AvgIpc) is 2.53. The van der Waals surface area contributed by atoms with Crippen molar-refractivity contribution in [1.29, 1.82) is 0 Å². The molecule has 22 heavy (non-hydrogen) atoms. The van der Waals surface area contributed by atoms with Gasteiger partial charge in [-0.15, -0.1) is 0 Å². The Bertz CT molecular complexity index is 856. The largest absolute Gasteiger partial charge is 0.345 e. The van der Waals surface area contributed by atoms with E-state index < -0.39 is 0 Å². The van der Waals surface area contributed by atoms with Gasteiger partial charge in [-0.3, -0.25) is 14.8 Å². The van der Waals surface area contributed by atoms with Gasteiger partial charge in [0.2, 0.25) is 0 Å². The van der Waals surface area contributed by atoms with Crippen molar-refractivity contribution in [3.63, 3.8) is 0 Å². The fourth-order valence-corrected chi connectivity index (χ4v) is 2.64. The number of carbonyl (C=O) groups excluding carboxylic acids is 1. The van der Waals surface area contributed by atoms with Gasteiger partial charge < -0.3 is 4.90 Å². The van der Waals surface area contributed by atoms with Crippen molar-refractivity contribution in [2.75, 3.05) is 14.1 Å². The number of amides is 1. The maximum atomic E-state index is 12.0. The number of carbonyl (C=O) groups is 1. The Morgan fingerprint density at radius 2 is 1.91 bits per heavy atom. The van der Waals surface area contributed by atoms with Crippen molar-refractivity contribution < 1.29 is 4.79 Å². The zero-order chi connectivity index (χ0) is 15.7. The number of hydrogen-bond donors (Lipinski definition) is 0. The fourth-order valence-electron chi connectivity index (χ4n) is 2.36. The predicted molar refractivity (Wildman–Crippen MR) is 88.0 cm³/mol. The van der Waals surface area contributed by atoms with Crippen LogP contribution in [0.25, 0.3) is 22.0 Å². The molecule has 3 aromatic rings. The lowest BCUT2D eigenvalue weighted by atomic mass is 10.0. The van der Waals surface area contributed by atoms with Gasteiger partial charge in [0.15, 0.2) is 0 Å². The molecule has 5 heteroatoms. The third kappa shape index (κ3) is 2.53. The second-order valence-corrected chi connectivity index (χ2v) is 5.55. The molecule has 0 saturated heterocycles. The molecule has 0 unspecified atom stereocenters. The quantitative estimate of drug-likeness (QED) is 0.725. The maximum Gasteiger partial charge on any atom is 0.253 e. The van der Waals surface area contributed by atoms with Gasteiger partial charge in [0, 0.05) is 48.0 Å². The smallest absolute Gasteiger partial charge is 0.253 e. The van der Waals surface area contributed by atoms with Crippen LogP contribution in [0, 0.1) is 0 Å². The summed E-state index contributed by atoms with van der Waals surface area (Å²) in [5.41, 5.74) is 3.22. The standard InChI is InChI=1S/C17H14ClN3O/c1-21(2)17(22)11-3-4-13(15(18)9-11)12-6-8-20-16-10-19-7-5-14(12)16/h3-10H,1-2H3. The van der Waals surface area contributed by atoms with Gasteiger partial charge in [0.1, 0.15) is 0 Å². The molecule has 3 rings (SSSR count). The molecule has 0 spiro atoms. The number of aromatic nitrogens is 2. The van der Waals surface area contributed by atoms with E-state index in [0.29, 0.717) is 10.6 Å². The second kappa shape index (κ2) is 5.73. The van der Waals surface area contributed by atoms with E-state index in [2.05, 4.69) is 9.97 Å². The van der Waals surface area contributed by atoms with Gasteiger partial charge in [-0.2, -0.15) is 0 Å². The summed E-state index contributed by atoms with van der Waals surface area (Å²) in [6, 6.07) is 9.18. The number of pyridine rings is 2. The molecule has 4 nitrogen and oxygen atoms in total. The maximum absolute atomic E-state index is 12.0. The predicted octanol–water partition coefficient (Wildman–Crippen LogP) is 3.65. The summed E-state index contributed by atoms with van der Waals surface area (Å²) in [5, 5.41) is 1.52. The van der Waals surface area contributed by atoms with Crippen LogP contribution in [-0.2, 0) is 0 Å². The Kier molecular flexibility index (Phi) is 3.77.